The van der Waals surface area contributed by atoms with Crippen molar-refractivity contribution in [3.8, 4) is 0 Å². The van der Waals surface area contributed by atoms with Gasteiger partial charge in [0.15, 0.2) is 5.69 Å². The van der Waals surface area contributed by atoms with Gasteiger partial charge in [0.2, 0.25) is 5.91 Å². The van der Waals surface area contributed by atoms with Gasteiger partial charge in [-0.1, -0.05) is 0 Å². The molecular formula is C21H27F3N6O3. The number of aromatic amines is 1. The van der Waals surface area contributed by atoms with Gasteiger partial charge < -0.3 is 15.0 Å². The van der Waals surface area contributed by atoms with Gasteiger partial charge in [-0.2, -0.15) is 18.3 Å². The normalized spacial score (nSPS) is 16.0. The van der Waals surface area contributed by atoms with Crippen molar-refractivity contribution in [2.45, 2.75) is 51.2 Å². The number of hydrogen-bond donors (Lipinski definition) is 2. The number of H-pyrrole nitrogens is 1. The van der Waals surface area contributed by atoms with Crippen molar-refractivity contribution in [3.63, 3.8) is 0 Å². The fourth-order valence-electron chi connectivity index (χ4n) is 3.61. The molecule has 0 aliphatic carbocycles. The Labute approximate surface area is 188 Å². The third-order valence-corrected chi connectivity index (χ3v) is 5.56. The van der Waals surface area contributed by atoms with Gasteiger partial charge in [0.05, 0.1) is 43.4 Å². The second kappa shape index (κ2) is 10.7. The van der Waals surface area contributed by atoms with Crippen LogP contribution in [0.3, 0.4) is 0 Å². The van der Waals surface area contributed by atoms with Crippen molar-refractivity contribution in [2.75, 3.05) is 31.6 Å². The molecule has 0 aromatic carbocycles. The van der Waals surface area contributed by atoms with Crippen LogP contribution >= 0.6 is 0 Å². The summed E-state index contributed by atoms with van der Waals surface area (Å²) in [6.45, 7) is 5.24. The van der Waals surface area contributed by atoms with Gasteiger partial charge in [-0.25, -0.2) is 10.1 Å². The highest BCUT2D eigenvalue weighted by molar-refractivity contribution is 5.76. The highest BCUT2D eigenvalue weighted by atomic mass is 19.4. The quantitative estimate of drug-likeness (QED) is 0.573. The topological polar surface area (TPSA) is 113 Å². The number of ether oxygens (including phenoxy) is 1. The summed E-state index contributed by atoms with van der Waals surface area (Å²) in [4.78, 5) is 33.2. The maximum Gasteiger partial charge on any atom is 0.434 e. The van der Waals surface area contributed by atoms with Crippen LogP contribution in [0.2, 0.25) is 0 Å². The van der Waals surface area contributed by atoms with E-state index in [1.807, 2.05) is 6.92 Å². The third-order valence-electron chi connectivity index (χ3n) is 5.56. The summed E-state index contributed by atoms with van der Waals surface area (Å²) in [5.74, 6) is -0.0441. The lowest BCUT2D eigenvalue weighted by Gasteiger charge is -2.31. The molecule has 1 fully saturated rings. The number of carbonyl (C=O) groups is 1. The highest BCUT2D eigenvalue weighted by Gasteiger charge is 2.33. The first-order valence-corrected chi connectivity index (χ1v) is 10.7. The molecule has 12 heteroatoms. The molecule has 0 radical (unpaired) electrons. The minimum absolute atomic E-state index is 0.0184. The Morgan fingerprint density at radius 3 is 2.64 bits per heavy atom. The summed E-state index contributed by atoms with van der Waals surface area (Å²) < 4.78 is 43.5. The first-order chi connectivity index (χ1) is 15.6. The van der Waals surface area contributed by atoms with Gasteiger partial charge in [-0.05, 0) is 26.7 Å². The van der Waals surface area contributed by atoms with E-state index in [1.165, 1.54) is 12.4 Å². The number of carbonyl (C=O) groups excluding carboxylic acids is 1. The zero-order valence-corrected chi connectivity index (χ0v) is 18.5. The van der Waals surface area contributed by atoms with E-state index in [0.717, 1.165) is 6.20 Å². The molecule has 2 N–H and O–H groups in total. The number of nitrogens with one attached hydrogen (secondary N) is 2. The minimum Gasteiger partial charge on any atom is -0.379 e. The molecule has 1 aliphatic rings. The molecule has 180 valence electrons. The van der Waals surface area contributed by atoms with Crippen molar-refractivity contribution in [1.82, 2.24) is 25.1 Å². The van der Waals surface area contributed by atoms with Gasteiger partial charge in [-0.3, -0.25) is 14.6 Å². The zero-order chi connectivity index (χ0) is 24.0. The number of aromatic nitrogens is 4. The molecule has 0 saturated carbocycles. The molecule has 2 aromatic rings. The van der Waals surface area contributed by atoms with Gasteiger partial charge in [-0.15, -0.1) is 0 Å². The lowest BCUT2D eigenvalue weighted by Crippen LogP contribution is -2.38. The fourth-order valence-corrected chi connectivity index (χ4v) is 3.61. The molecule has 1 atom stereocenters. The maximum absolute atomic E-state index is 12.6. The standard InChI is InChI=1S/C21H27F3N6O3/c1-13(28-16-10-27-29-20(32)14(16)2)12-33-8-5-19(31)30-6-3-15(4-7-30)17-9-26-18(11-25-17)21(22,23)24/h9-11,13,15H,3-8,12H2,1-2H3,(H2,28,29,32)/t13-/m0/s1. The Morgan fingerprint density at radius 1 is 1.27 bits per heavy atom. The summed E-state index contributed by atoms with van der Waals surface area (Å²) in [7, 11) is 0. The number of piperidine rings is 1. The van der Waals surface area contributed by atoms with Crippen molar-refractivity contribution in [3.05, 3.63) is 45.9 Å². The van der Waals surface area contributed by atoms with Gasteiger partial charge in [0.1, 0.15) is 0 Å². The smallest absolute Gasteiger partial charge is 0.379 e. The van der Waals surface area contributed by atoms with Crippen LogP contribution in [-0.2, 0) is 15.7 Å². The second-order valence-corrected chi connectivity index (χ2v) is 8.09. The molecule has 1 saturated heterocycles. The van der Waals surface area contributed by atoms with Crippen molar-refractivity contribution in [2.24, 2.45) is 0 Å². The van der Waals surface area contributed by atoms with Gasteiger partial charge in [0, 0.05) is 36.8 Å². The van der Waals surface area contributed by atoms with Gasteiger partial charge in [0.25, 0.3) is 5.56 Å². The summed E-state index contributed by atoms with van der Waals surface area (Å²) in [6.07, 6.45) is 0.451. The molecule has 1 amide bonds. The van der Waals surface area contributed by atoms with E-state index in [1.54, 1.807) is 11.8 Å². The first kappa shape index (κ1) is 24.6. The summed E-state index contributed by atoms with van der Waals surface area (Å²) >= 11 is 0. The summed E-state index contributed by atoms with van der Waals surface area (Å²) in [5.41, 5.74) is 0.426. The summed E-state index contributed by atoms with van der Waals surface area (Å²) in [6, 6.07) is -0.0806. The third kappa shape index (κ3) is 6.73. The number of anilines is 1. The predicted molar refractivity (Wildman–Crippen MR) is 114 cm³/mol. The number of likely N-dealkylation sites (tertiary alicyclic amines) is 1. The molecule has 0 bridgehead atoms. The number of rotatable bonds is 8. The highest BCUT2D eigenvalue weighted by Crippen LogP contribution is 2.30. The Morgan fingerprint density at radius 2 is 2.00 bits per heavy atom. The Bertz CT molecular complexity index is 988. The molecule has 9 nitrogen and oxygen atoms in total. The van der Waals surface area contributed by atoms with Crippen LogP contribution in [0.1, 0.15) is 49.1 Å². The minimum atomic E-state index is -4.51. The Balaban J connectivity index is 1.36. The maximum atomic E-state index is 12.6. The number of halogens is 3. The number of amides is 1. The summed E-state index contributed by atoms with van der Waals surface area (Å²) in [5, 5.41) is 9.28. The molecule has 33 heavy (non-hydrogen) atoms. The van der Waals surface area contributed by atoms with Crippen LogP contribution in [-0.4, -0.2) is 63.3 Å². The van der Waals surface area contributed by atoms with Crippen LogP contribution in [0.25, 0.3) is 0 Å². The molecule has 0 spiro atoms. The fraction of sp³-hybridized carbons (Fsp3) is 0.571. The van der Waals surface area contributed by atoms with E-state index in [-0.39, 0.29) is 36.5 Å². The number of nitrogens with zero attached hydrogens (tertiary/aromatic N) is 4. The molecule has 0 unspecified atom stereocenters. The van der Waals surface area contributed by atoms with Crippen LogP contribution < -0.4 is 10.9 Å². The van der Waals surface area contributed by atoms with Crippen molar-refractivity contribution < 1.29 is 22.7 Å². The average Bonchev–Trinajstić information content (AvgIpc) is 2.79. The average molecular weight is 468 g/mol. The van der Waals surface area contributed by atoms with Crippen molar-refractivity contribution in [1.29, 1.82) is 0 Å². The van der Waals surface area contributed by atoms with Crippen LogP contribution in [0, 0.1) is 6.92 Å². The SMILES string of the molecule is Cc1c(N[C@@H](C)COCCC(=O)N2CCC(c3cnc(C(F)(F)F)cn3)CC2)cn[nH]c1=O. The number of alkyl halides is 3. The number of hydrogen-bond acceptors (Lipinski definition) is 7. The van der Waals surface area contributed by atoms with Crippen LogP contribution in [0.5, 0.6) is 0 Å². The van der Waals surface area contributed by atoms with E-state index in [0.29, 0.717) is 49.5 Å². The largest absolute Gasteiger partial charge is 0.434 e. The predicted octanol–water partition coefficient (Wildman–Crippen LogP) is 2.50. The molecular weight excluding hydrogens is 441 g/mol. The van der Waals surface area contributed by atoms with E-state index in [4.69, 9.17) is 4.74 Å². The van der Waals surface area contributed by atoms with E-state index in [9.17, 15) is 22.8 Å². The first-order valence-electron chi connectivity index (χ1n) is 10.7. The molecule has 3 heterocycles. The van der Waals surface area contributed by atoms with Gasteiger partial charge >= 0.3 is 6.18 Å². The zero-order valence-electron chi connectivity index (χ0n) is 18.5. The molecule has 1 aliphatic heterocycles. The Kier molecular flexibility index (Phi) is 8.01. The monoisotopic (exact) mass is 468 g/mol. The van der Waals surface area contributed by atoms with Crippen molar-refractivity contribution >= 4 is 11.6 Å². The van der Waals surface area contributed by atoms with E-state index < -0.39 is 11.9 Å². The molecule has 2 aromatic heterocycles. The second-order valence-electron chi connectivity index (χ2n) is 8.09. The van der Waals surface area contributed by atoms with E-state index >= 15 is 0 Å². The Hall–Kier alpha value is -3.02. The lowest BCUT2D eigenvalue weighted by atomic mass is 9.93. The van der Waals surface area contributed by atoms with Crippen LogP contribution in [0.4, 0.5) is 18.9 Å². The van der Waals surface area contributed by atoms with Crippen LogP contribution in [0.15, 0.2) is 23.4 Å². The lowest BCUT2D eigenvalue weighted by molar-refractivity contribution is -0.141. The molecule has 3 rings (SSSR count). The van der Waals surface area contributed by atoms with E-state index in [2.05, 4.69) is 25.5 Å².